The fourth-order valence-electron chi connectivity index (χ4n) is 2.59. The molecule has 1 aromatic heterocycles. The maximum absolute atomic E-state index is 12.4. The van der Waals surface area contributed by atoms with Gasteiger partial charge in [-0.3, -0.25) is 0 Å². The van der Waals surface area contributed by atoms with Crippen LogP contribution in [0.5, 0.6) is 0 Å². The highest BCUT2D eigenvalue weighted by molar-refractivity contribution is 5.94. The number of piperazine rings is 1. The van der Waals surface area contributed by atoms with Gasteiger partial charge in [-0.05, 0) is 32.9 Å². The Morgan fingerprint density at radius 2 is 1.87 bits per heavy atom. The number of esters is 1. The van der Waals surface area contributed by atoms with E-state index in [1.807, 2.05) is 45.0 Å². The summed E-state index contributed by atoms with van der Waals surface area (Å²) >= 11 is 0. The van der Waals surface area contributed by atoms with Crippen LogP contribution in [0.15, 0.2) is 24.3 Å². The highest BCUT2D eigenvalue weighted by atomic mass is 16.6. The molecule has 0 radical (unpaired) electrons. The average molecular weight is 314 g/mol. The summed E-state index contributed by atoms with van der Waals surface area (Å²) in [6.07, 6.45) is 0. The Bertz CT molecular complexity index is 718. The van der Waals surface area contributed by atoms with E-state index >= 15 is 0 Å². The maximum Gasteiger partial charge on any atom is 0.376 e. The van der Waals surface area contributed by atoms with Crippen molar-refractivity contribution in [2.24, 2.45) is 0 Å². The Morgan fingerprint density at radius 1 is 1.17 bits per heavy atom. The lowest BCUT2D eigenvalue weighted by atomic mass is 10.2. The molecule has 0 aliphatic carbocycles. The van der Waals surface area contributed by atoms with Gasteiger partial charge < -0.3 is 15.0 Å². The third kappa shape index (κ3) is 3.59. The van der Waals surface area contributed by atoms with Crippen LogP contribution >= 0.6 is 0 Å². The van der Waals surface area contributed by atoms with Gasteiger partial charge in [-0.2, -0.15) is 0 Å². The average Bonchev–Trinajstić information content (AvgIpc) is 2.53. The van der Waals surface area contributed by atoms with E-state index in [2.05, 4.69) is 20.2 Å². The second-order valence-corrected chi connectivity index (χ2v) is 6.63. The van der Waals surface area contributed by atoms with Crippen LogP contribution in [0.4, 0.5) is 5.82 Å². The monoisotopic (exact) mass is 314 g/mol. The van der Waals surface area contributed by atoms with Crippen molar-refractivity contribution in [3.05, 3.63) is 30.1 Å². The van der Waals surface area contributed by atoms with Crippen LogP contribution < -0.4 is 10.2 Å². The first-order valence-corrected chi connectivity index (χ1v) is 7.90. The van der Waals surface area contributed by atoms with E-state index in [9.17, 15) is 4.79 Å². The molecule has 1 saturated heterocycles. The minimum atomic E-state index is -0.568. The number of anilines is 1. The molecule has 23 heavy (non-hydrogen) atoms. The van der Waals surface area contributed by atoms with E-state index in [-0.39, 0.29) is 5.82 Å². The van der Waals surface area contributed by atoms with Gasteiger partial charge in [-0.1, -0.05) is 12.1 Å². The highest BCUT2D eigenvalue weighted by Crippen LogP contribution is 2.24. The van der Waals surface area contributed by atoms with Gasteiger partial charge in [-0.25, -0.2) is 14.8 Å². The molecule has 0 saturated carbocycles. The lowest BCUT2D eigenvalue weighted by Crippen LogP contribution is -2.44. The van der Waals surface area contributed by atoms with Gasteiger partial charge in [0.05, 0.1) is 5.52 Å². The first-order chi connectivity index (χ1) is 10.9. The molecule has 1 aliphatic heterocycles. The standard InChI is InChI=1S/C17H22N4O2/c1-17(2,3)23-16(22)14-19-13-7-5-4-6-12(13)15(20-14)21-10-8-18-9-11-21/h4-7,18H,8-11H2,1-3H3. The van der Waals surface area contributed by atoms with E-state index in [0.717, 1.165) is 42.9 Å². The number of carbonyl (C=O) groups excluding carboxylic acids is 1. The molecule has 0 amide bonds. The summed E-state index contributed by atoms with van der Waals surface area (Å²) in [6, 6.07) is 7.77. The molecule has 1 aromatic carbocycles. The van der Waals surface area contributed by atoms with Crippen molar-refractivity contribution in [2.75, 3.05) is 31.1 Å². The smallest absolute Gasteiger partial charge is 0.376 e. The molecule has 0 spiro atoms. The minimum absolute atomic E-state index is 0.118. The number of carbonyl (C=O) groups is 1. The molecular formula is C17H22N4O2. The van der Waals surface area contributed by atoms with Gasteiger partial charge in [0.15, 0.2) is 0 Å². The molecule has 2 aromatic rings. The van der Waals surface area contributed by atoms with Crippen molar-refractivity contribution in [3.8, 4) is 0 Å². The molecule has 0 atom stereocenters. The van der Waals surface area contributed by atoms with Crippen molar-refractivity contribution in [1.82, 2.24) is 15.3 Å². The van der Waals surface area contributed by atoms with Gasteiger partial charge in [0, 0.05) is 31.6 Å². The predicted molar refractivity (Wildman–Crippen MR) is 89.8 cm³/mol. The molecule has 6 nitrogen and oxygen atoms in total. The summed E-state index contributed by atoms with van der Waals surface area (Å²) in [7, 11) is 0. The normalized spacial score (nSPS) is 15.7. The van der Waals surface area contributed by atoms with Crippen LogP contribution in [0.25, 0.3) is 10.9 Å². The maximum atomic E-state index is 12.4. The lowest BCUT2D eigenvalue weighted by molar-refractivity contribution is 0.00561. The van der Waals surface area contributed by atoms with Crippen molar-refractivity contribution < 1.29 is 9.53 Å². The molecule has 0 unspecified atom stereocenters. The topological polar surface area (TPSA) is 67.3 Å². The van der Waals surface area contributed by atoms with Crippen LogP contribution in [-0.2, 0) is 4.74 Å². The van der Waals surface area contributed by atoms with Crippen LogP contribution in [0.3, 0.4) is 0 Å². The van der Waals surface area contributed by atoms with E-state index in [4.69, 9.17) is 4.74 Å². The first kappa shape index (κ1) is 15.7. The number of hydrogen-bond donors (Lipinski definition) is 1. The summed E-state index contributed by atoms with van der Waals surface area (Å²) < 4.78 is 5.42. The molecule has 0 bridgehead atoms. The van der Waals surface area contributed by atoms with Crippen molar-refractivity contribution in [1.29, 1.82) is 0 Å². The molecule has 1 aliphatic rings. The van der Waals surface area contributed by atoms with Crippen LogP contribution in [0.2, 0.25) is 0 Å². The van der Waals surface area contributed by atoms with Crippen molar-refractivity contribution in [3.63, 3.8) is 0 Å². The summed E-state index contributed by atoms with van der Waals surface area (Å²) in [6.45, 7) is 9.03. The Kier molecular flexibility index (Phi) is 4.17. The quantitative estimate of drug-likeness (QED) is 0.855. The molecule has 1 fully saturated rings. The van der Waals surface area contributed by atoms with Gasteiger partial charge in [-0.15, -0.1) is 0 Å². The Balaban J connectivity index is 2.04. The van der Waals surface area contributed by atoms with Crippen LogP contribution in [-0.4, -0.2) is 47.7 Å². The highest BCUT2D eigenvalue weighted by Gasteiger charge is 2.23. The zero-order valence-electron chi connectivity index (χ0n) is 13.8. The fraction of sp³-hybridized carbons (Fsp3) is 0.471. The number of aromatic nitrogens is 2. The SMILES string of the molecule is CC(C)(C)OC(=O)c1nc(N2CCNCC2)c2ccccc2n1. The first-order valence-electron chi connectivity index (χ1n) is 7.90. The van der Waals surface area contributed by atoms with E-state index < -0.39 is 11.6 Å². The molecule has 3 rings (SSSR count). The van der Waals surface area contributed by atoms with E-state index in [1.165, 1.54) is 0 Å². The number of benzene rings is 1. The Morgan fingerprint density at radius 3 is 2.57 bits per heavy atom. The summed E-state index contributed by atoms with van der Waals surface area (Å²) in [5, 5.41) is 4.28. The number of rotatable bonds is 2. The molecule has 122 valence electrons. The summed E-state index contributed by atoms with van der Waals surface area (Å²) in [4.78, 5) is 23.5. The summed E-state index contributed by atoms with van der Waals surface area (Å²) in [5.41, 5.74) is 0.193. The van der Waals surface area contributed by atoms with Gasteiger partial charge in [0.25, 0.3) is 0 Å². The number of fused-ring (bicyclic) bond motifs is 1. The van der Waals surface area contributed by atoms with Crippen molar-refractivity contribution >= 4 is 22.7 Å². The summed E-state index contributed by atoms with van der Waals surface area (Å²) in [5.74, 6) is 0.435. The number of nitrogens with one attached hydrogen (secondary N) is 1. The zero-order valence-corrected chi connectivity index (χ0v) is 13.8. The second kappa shape index (κ2) is 6.12. The van der Waals surface area contributed by atoms with E-state index in [0.29, 0.717) is 0 Å². The Hall–Kier alpha value is -2.21. The second-order valence-electron chi connectivity index (χ2n) is 6.63. The third-order valence-corrected chi connectivity index (χ3v) is 3.58. The lowest BCUT2D eigenvalue weighted by Gasteiger charge is -2.29. The molecular weight excluding hydrogens is 292 g/mol. The molecule has 2 heterocycles. The van der Waals surface area contributed by atoms with E-state index in [1.54, 1.807) is 0 Å². The number of nitrogens with zero attached hydrogens (tertiary/aromatic N) is 3. The Labute approximate surface area is 135 Å². The predicted octanol–water partition coefficient (Wildman–Crippen LogP) is 1.99. The minimum Gasteiger partial charge on any atom is -0.454 e. The van der Waals surface area contributed by atoms with Crippen LogP contribution in [0.1, 0.15) is 31.4 Å². The zero-order chi connectivity index (χ0) is 16.4. The van der Waals surface area contributed by atoms with Crippen LogP contribution in [0, 0.1) is 0 Å². The molecule has 1 N–H and O–H groups in total. The van der Waals surface area contributed by atoms with Gasteiger partial charge in [0.1, 0.15) is 11.4 Å². The molecule has 6 heteroatoms. The number of hydrogen-bond acceptors (Lipinski definition) is 6. The third-order valence-electron chi connectivity index (χ3n) is 3.58. The number of para-hydroxylation sites is 1. The van der Waals surface area contributed by atoms with Gasteiger partial charge >= 0.3 is 5.97 Å². The fourth-order valence-corrected chi connectivity index (χ4v) is 2.59. The van der Waals surface area contributed by atoms with Crippen molar-refractivity contribution in [2.45, 2.75) is 26.4 Å². The largest absolute Gasteiger partial charge is 0.454 e. The van der Waals surface area contributed by atoms with Gasteiger partial charge in [0.2, 0.25) is 5.82 Å². The number of ether oxygens (including phenoxy) is 1.